The molecule has 3 aromatic rings. The highest BCUT2D eigenvalue weighted by Crippen LogP contribution is 2.25. The number of hydrogen-bond acceptors (Lipinski definition) is 4. The van der Waals surface area contributed by atoms with Crippen LogP contribution in [0.5, 0.6) is 0 Å². The third-order valence-electron chi connectivity index (χ3n) is 3.29. The maximum absolute atomic E-state index is 5.91. The highest BCUT2D eigenvalue weighted by Gasteiger charge is 2.04. The predicted octanol–water partition coefficient (Wildman–Crippen LogP) is 5.49. The van der Waals surface area contributed by atoms with Crippen LogP contribution >= 0.6 is 22.9 Å². The average Bonchev–Trinajstić information content (AvgIpc) is 3.04. The standard InChI is InChI=1S/C18H16ClN3S/c1-13(11-14-5-3-2-4-6-14)21-22-18-20-17(12-23-18)15-7-9-16(19)10-8-15/h2-10,12H,11H2,1H3,(H,20,22)/b21-13-. The van der Waals surface area contributed by atoms with Crippen molar-refractivity contribution in [2.24, 2.45) is 5.10 Å². The van der Waals surface area contributed by atoms with E-state index in [1.165, 1.54) is 16.9 Å². The summed E-state index contributed by atoms with van der Waals surface area (Å²) in [4.78, 5) is 4.55. The summed E-state index contributed by atoms with van der Waals surface area (Å²) in [5.41, 5.74) is 7.26. The third-order valence-corrected chi connectivity index (χ3v) is 4.29. The molecular weight excluding hydrogens is 326 g/mol. The second-order valence-electron chi connectivity index (χ2n) is 5.17. The number of benzene rings is 2. The lowest BCUT2D eigenvalue weighted by atomic mass is 10.1. The van der Waals surface area contributed by atoms with Gasteiger partial charge in [-0.3, -0.25) is 5.43 Å². The molecule has 23 heavy (non-hydrogen) atoms. The molecule has 0 radical (unpaired) electrons. The minimum absolute atomic E-state index is 0.725. The van der Waals surface area contributed by atoms with Gasteiger partial charge in [0, 0.05) is 28.1 Å². The van der Waals surface area contributed by atoms with Crippen LogP contribution in [0.15, 0.2) is 65.1 Å². The molecule has 0 spiro atoms. The third kappa shape index (κ3) is 4.41. The number of anilines is 1. The Morgan fingerprint density at radius 1 is 1.13 bits per heavy atom. The zero-order valence-electron chi connectivity index (χ0n) is 12.7. The smallest absolute Gasteiger partial charge is 0.203 e. The molecule has 1 N–H and O–H groups in total. The van der Waals surface area contributed by atoms with E-state index in [-0.39, 0.29) is 0 Å². The summed E-state index contributed by atoms with van der Waals surface area (Å²) < 4.78 is 0. The maximum Gasteiger partial charge on any atom is 0.203 e. The lowest BCUT2D eigenvalue weighted by molar-refractivity contribution is 1.22. The van der Waals surface area contributed by atoms with Gasteiger partial charge in [0.2, 0.25) is 5.13 Å². The van der Waals surface area contributed by atoms with E-state index in [4.69, 9.17) is 11.6 Å². The van der Waals surface area contributed by atoms with E-state index < -0.39 is 0 Å². The summed E-state index contributed by atoms with van der Waals surface area (Å²) in [6.07, 6.45) is 0.823. The molecule has 0 aliphatic rings. The number of hydrazone groups is 1. The Balaban J connectivity index is 1.64. The topological polar surface area (TPSA) is 37.3 Å². The molecule has 1 heterocycles. The van der Waals surface area contributed by atoms with Crippen LogP contribution in [0.4, 0.5) is 5.13 Å². The van der Waals surface area contributed by atoms with Crippen LogP contribution in [0.3, 0.4) is 0 Å². The Labute approximate surface area is 144 Å². The monoisotopic (exact) mass is 341 g/mol. The van der Waals surface area contributed by atoms with Gasteiger partial charge in [-0.05, 0) is 24.6 Å². The van der Waals surface area contributed by atoms with Gasteiger partial charge in [-0.15, -0.1) is 11.3 Å². The molecule has 0 saturated heterocycles. The molecule has 0 aliphatic carbocycles. The molecule has 3 nitrogen and oxygen atoms in total. The van der Waals surface area contributed by atoms with Crippen molar-refractivity contribution in [3.05, 3.63) is 70.6 Å². The Bertz CT molecular complexity index is 795. The molecule has 0 aliphatic heterocycles. The lowest BCUT2D eigenvalue weighted by Gasteiger charge is -2.01. The van der Waals surface area contributed by atoms with Crippen LogP contribution in [-0.2, 0) is 6.42 Å². The number of nitrogens with zero attached hydrogens (tertiary/aromatic N) is 2. The van der Waals surface area contributed by atoms with E-state index in [0.29, 0.717) is 0 Å². The van der Waals surface area contributed by atoms with E-state index in [1.54, 1.807) is 0 Å². The van der Waals surface area contributed by atoms with Gasteiger partial charge in [0.05, 0.1) is 5.69 Å². The first-order valence-corrected chi connectivity index (χ1v) is 8.51. The maximum atomic E-state index is 5.91. The van der Waals surface area contributed by atoms with E-state index >= 15 is 0 Å². The molecule has 0 unspecified atom stereocenters. The van der Waals surface area contributed by atoms with Gasteiger partial charge < -0.3 is 0 Å². The molecule has 0 saturated carbocycles. The van der Waals surface area contributed by atoms with Gasteiger partial charge in [-0.1, -0.05) is 54.1 Å². The molecule has 0 atom stereocenters. The van der Waals surface area contributed by atoms with Crippen LogP contribution < -0.4 is 5.43 Å². The van der Waals surface area contributed by atoms with Crippen LogP contribution in [0.2, 0.25) is 5.02 Å². The van der Waals surface area contributed by atoms with Crippen LogP contribution in [0.1, 0.15) is 12.5 Å². The van der Waals surface area contributed by atoms with E-state index in [1.807, 2.05) is 54.8 Å². The zero-order chi connectivity index (χ0) is 16.1. The summed E-state index contributed by atoms with van der Waals surface area (Å²) in [5, 5.41) is 7.92. The molecule has 0 amide bonds. The van der Waals surface area contributed by atoms with Gasteiger partial charge in [-0.25, -0.2) is 4.98 Å². The van der Waals surface area contributed by atoms with Gasteiger partial charge >= 0.3 is 0 Å². The van der Waals surface area contributed by atoms with Crippen molar-refractivity contribution < 1.29 is 0 Å². The minimum atomic E-state index is 0.725. The SMILES string of the molecule is C/C(Cc1ccccc1)=N/Nc1nc(-c2ccc(Cl)cc2)cs1. The second-order valence-corrected chi connectivity index (χ2v) is 6.46. The van der Waals surface area contributed by atoms with Crippen LogP contribution in [0, 0.1) is 0 Å². The molecular formula is C18H16ClN3S. The fraction of sp³-hybridized carbons (Fsp3) is 0.111. The Kier molecular flexibility index (Phi) is 5.05. The summed E-state index contributed by atoms with van der Waals surface area (Å²) in [5.74, 6) is 0. The summed E-state index contributed by atoms with van der Waals surface area (Å²) in [6.45, 7) is 2.01. The minimum Gasteiger partial charge on any atom is -0.253 e. The van der Waals surface area contributed by atoms with Gasteiger partial charge in [0.1, 0.15) is 0 Å². The number of hydrogen-bond donors (Lipinski definition) is 1. The number of aromatic nitrogens is 1. The number of nitrogens with one attached hydrogen (secondary N) is 1. The number of halogens is 1. The van der Waals surface area contributed by atoms with Gasteiger partial charge in [0.15, 0.2) is 0 Å². The van der Waals surface area contributed by atoms with Crippen molar-refractivity contribution in [2.45, 2.75) is 13.3 Å². The lowest BCUT2D eigenvalue weighted by Crippen LogP contribution is -2.01. The zero-order valence-corrected chi connectivity index (χ0v) is 14.2. The molecule has 1 aromatic heterocycles. The van der Waals surface area contributed by atoms with Crippen molar-refractivity contribution in [2.75, 3.05) is 5.43 Å². The Morgan fingerprint density at radius 3 is 2.61 bits per heavy atom. The van der Waals surface area contributed by atoms with Crippen molar-refractivity contribution >= 4 is 33.8 Å². The predicted molar refractivity (Wildman–Crippen MR) is 99.4 cm³/mol. The Hall–Kier alpha value is -2.17. The van der Waals surface area contributed by atoms with Gasteiger partial charge in [-0.2, -0.15) is 5.10 Å². The van der Waals surface area contributed by atoms with E-state index in [9.17, 15) is 0 Å². The summed E-state index contributed by atoms with van der Waals surface area (Å²) in [6, 6.07) is 17.9. The molecule has 5 heteroatoms. The Morgan fingerprint density at radius 2 is 1.87 bits per heavy atom. The molecule has 0 fully saturated rings. The van der Waals surface area contributed by atoms with Crippen molar-refractivity contribution in [3.63, 3.8) is 0 Å². The summed E-state index contributed by atoms with van der Waals surface area (Å²) in [7, 11) is 0. The van der Waals surface area contributed by atoms with E-state index in [0.717, 1.165) is 33.5 Å². The summed E-state index contributed by atoms with van der Waals surface area (Å²) >= 11 is 7.44. The van der Waals surface area contributed by atoms with Crippen molar-refractivity contribution in [1.82, 2.24) is 4.98 Å². The van der Waals surface area contributed by atoms with Gasteiger partial charge in [0.25, 0.3) is 0 Å². The molecule has 3 rings (SSSR count). The molecule has 0 bridgehead atoms. The second kappa shape index (κ2) is 7.40. The number of rotatable bonds is 5. The fourth-order valence-electron chi connectivity index (χ4n) is 2.15. The van der Waals surface area contributed by atoms with Crippen molar-refractivity contribution in [1.29, 1.82) is 0 Å². The van der Waals surface area contributed by atoms with Crippen LogP contribution in [-0.4, -0.2) is 10.7 Å². The largest absolute Gasteiger partial charge is 0.253 e. The average molecular weight is 342 g/mol. The molecule has 116 valence electrons. The highest BCUT2D eigenvalue weighted by atomic mass is 35.5. The first kappa shape index (κ1) is 15.7. The van der Waals surface area contributed by atoms with E-state index in [2.05, 4.69) is 27.6 Å². The highest BCUT2D eigenvalue weighted by molar-refractivity contribution is 7.14. The van der Waals surface area contributed by atoms with Crippen LogP contribution in [0.25, 0.3) is 11.3 Å². The fourth-order valence-corrected chi connectivity index (χ4v) is 2.94. The molecule has 2 aromatic carbocycles. The first-order chi connectivity index (χ1) is 11.2. The quantitative estimate of drug-likeness (QED) is 0.492. The normalized spacial score (nSPS) is 11.5. The first-order valence-electron chi connectivity index (χ1n) is 7.25. The number of thiazole rings is 1. The van der Waals surface area contributed by atoms with Crippen molar-refractivity contribution in [3.8, 4) is 11.3 Å².